The predicted molar refractivity (Wildman–Crippen MR) is 129 cm³/mol. The second-order valence-electron chi connectivity index (χ2n) is 8.13. The van der Waals surface area contributed by atoms with E-state index in [2.05, 4.69) is 103 Å². The first kappa shape index (κ1) is 20.6. The fraction of sp³-hybridized carbons (Fsp3) is 0.0690. The SMILES string of the molecule is Cc1cccc(C)c1-c1cnc2c3[c-]cc(-c4ccccc4)cc3c3ccccc3n12.[Ir]. The van der Waals surface area contributed by atoms with Crippen LogP contribution in [0.4, 0.5) is 0 Å². The Labute approximate surface area is 200 Å². The van der Waals surface area contributed by atoms with Crippen LogP contribution in [0.5, 0.6) is 0 Å². The van der Waals surface area contributed by atoms with Crippen molar-refractivity contribution in [2.75, 3.05) is 0 Å². The molecule has 6 rings (SSSR count). The fourth-order valence-electron chi connectivity index (χ4n) is 4.75. The molecule has 0 saturated heterocycles. The number of para-hydroxylation sites is 1. The van der Waals surface area contributed by atoms with E-state index in [1.807, 2.05) is 12.3 Å². The van der Waals surface area contributed by atoms with E-state index in [1.54, 1.807) is 0 Å². The summed E-state index contributed by atoms with van der Waals surface area (Å²) in [7, 11) is 0. The van der Waals surface area contributed by atoms with E-state index in [0.717, 1.165) is 16.7 Å². The van der Waals surface area contributed by atoms with E-state index in [9.17, 15) is 0 Å². The van der Waals surface area contributed by atoms with Gasteiger partial charge in [0.1, 0.15) is 0 Å². The maximum absolute atomic E-state index is 4.89. The van der Waals surface area contributed by atoms with Crippen LogP contribution >= 0.6 is 0 Å². The molecule has 0 bridgehead atoms. The van der Waals surface area contributed by atoms with Gasteiger partial charge in [-0.3, -0.25) is 4.98 Å². The number of pyridine rings is 1. The minimum atomic E-state index is 0. The van der Waals surface area contributed by atoms with Gasteiger partial charge in [-0.15, -0.1) is 23.6 Å². The van der Waals surface area contributed by atoms with Crippen LogP contribution in [0.3, 0.4) is 0 Å². The van der Waals surface area contributed by atoms with E-state index in [0.29, 0.717) is 0 Å². The quantitative estimate of drug-likeness (QED) is 0.152. The molecule has 0 aliphatic carbocycles. The summed E-state index contributed by atoms with van der Waals surface area (Å²) in [5.74, 6) is 0. The Bertz CT molecular complexity index is 1580. The molecule has 157 valence electrons. The topological polar surface area (TPSA) is 17.3 Å². The summed E-state index contributed by atoms with van der Waals surface area (Å²) >= 11 is 0. The van der Waals surface area contributed by atoms with Crippen LogP contribution in [0.15, 0.2) is 91.1 Å². The summed E-state index contributed by atoms with van der Waals surface area (Å²) in [6.07, 6.45) is 2.01. The van der Waals surface area contributed by atoms with Crippen molar-refractivity contribution >= 4 is 27.3 Å². The van der Waals surface area contributed by atoms with E-state index >= 15 is 0 Å². The molecule has 0 amide bonds. The Morgan fingerprint density at radius 3 is 2.25 bits per heavy atom. The number of rotatable bonds is 2. The van der Waals surface area contributed by atoms with Gasteiger partial charge in [-0.1, -0.05) is 83.2 Å². The number of benzene rings is 4. The first-order valence-corrected chi connectivity index (χ1v) is 10.6. The minimum absolute atomic E-state index is 0. The Hall–Kier alpha value is -3.26. The molecule has 0 spiro atoms. The monoisotopic (exact) mass is 590 g/mol. The van der Waals surface area contributed by atoms with Crippen molar-refractivity contribution in [3.05, 3.63) is 108 Å². The van der Waals surface area contributed by atoms with Crippen molar-refractivity contribution in [1.82, 2.24) is 9.38 Å². The zero-order valence-corrected chi connectivity index (χ0v) is 20.3. The third-order valence-corrected chi connectivity index (χ3v) is 6.21. The molecule has 0 aliphatic rings. The second-order valence-corrected chi connectivity index (χ2v) is 8.13. The molecule has 2 heterocycles. The third-order valence-electron chi connectivity index (χ3n) is 6.21. The van der Waals surface area contributed by atoms with Crippen LogP contribution in [0.2, 0.25) is 0 Å². The van der Waals surface area contributed by atoms with Crippen LogP contribution in [0.25, 0.3) is 49.7 Å². The number of imidazole rings is 1. The molecule has 2 nitrogen and oxygen atoms in total. The average Bonchev–Trinajstić information content (AvgIpc) is 3.24. The van der Waals surface area contributed by atoms with Gasteiger partial charge in [0.25, 0.3) is 0 Å². The van der Waals surface area contributed by atoms with Crippen molar-refractivity contribution in [1.29, 1.82) is 0 Å². The zero-order valence-electron chi connectivity index (χ0n) is 17.9. The van der Waals surface area contributed by atoms with Gasteiger partial charge >= 0.3 is 0 Å². The number of fused-ring (bicyclic) bond motifs is 6. The van der Waals surface area contributed by atoms with Crippen LogP contribution in [0, 0.1) is 19.9 Å². The molecule has 0 aliphatic heterocycles. The van der Waals surface area contributed by atoms with E-state index in [4.69, 9.17) is 4.98 Å². The Morgan fingerprint density at radius 2 is 1.47 bits per heavy atom. The Morgan fingerprint density at radius 1 is 0.750 bits per heavy atom. The summed E-state index contributed by atoms with van der Waals surface area (Å²) in [5, 5.41) is 3.45. The first-order valence-electron chi connectivity index (χ1n) is 10.6. The third kappa shape index (κ3) is 3.09. The molecular formula is C29H21IrN2-. The summed E-state index contributed by atoms with van der Waals surface area (Å²) in [6, 6.07) is 33.5. The van der Waals surface area contributed by atoms with Crippen LogP contribution in [-0.4, -0.2) is 9.38 Å². The molecule has 3 heteroatoms. The second kappa shape index (κ2) is 8.02. The Kier molecular flexibility index (Phi) is 5.17. The van der Waals surface area contributed by atoms with Crippen LogP contribution < -0.4 is 0 Å². The summed E-state index contributed by atoms with van der Waals surface area (Å²) in [6.45, 7) is 4.34. The van der Waals surface area contributed by atoms with Gasteiger partial charge in [-0.05, 0) is 36.4 Å². The van der Waals surface area contributed by atoms with Crippen molar-refractivity contribution in [3.8, 4) is 22.4 Å². The van der Waals surface area contributed by atoms with Gasteiger partial charge in [0.2, 0.25) is 0 Å². The predicted octanol–water partition coefficient (Wildman–Crippen LogP) is 7.39. The molecule has 0 atom stereocenters. The summed E-state index contributed by atoms with van der Waals surface area (Å²) < 4.78 is 2.30. The van der Waals surface area contributed by atoms with Crippen molar-refractivity contribution in [2.45, 2.75) is 13.8 Å². The molecule has 1 radical (unpaired) electrons. The molecule has 32 heavy (non-hydrogen) atoms. The minimum Gasteiger partial charge on any atom is -0.333 e. The number of aromatic nitrogens is 2. The normalized spacial score (nSPS) is 11.2. The number of hydrogen-bond donors (Lipinski definition) is 0. The molecule has 0 fully saturated rings. The molecule has 0 N–H and O–H groups in total. The summed E-state index contributed by atoms with van der Waals surface area (Å²) in [5.41, 5.74) is 9.38. The largest absolute Gasteiger partial charge is 0.333 e. The average molecular weight is 590 g/mol. The van der Waals surface area contributed by atoms with E-state index in [1.165, 1.54) is 44.1 Å². The summed E-state index contributed by atoms with van der Waals surface area (Å²) in [4.78, 5) is 4.89. The van der Waals surface area contributed by atoms with E-state index in [-0.39, 0.29) is 20.1 Å². The number of hydrogen-bond acceptors (Lipinski definition) is 1. The van der Waals surface area contributed by atoms with Gasteiger partial charge in [0.15, 0.2) is 0 Å². The molecule has 4 aromatic carbocycles. The molecule has 0 saturated carbocycles. The van der Waals surface area contributed by atoms with Gasteiger partial charge in [-0.2, -0.15) is 0 Å². The van der Waals surface area contributed by atoms with Crippen LogP contribution in [0.1, 0.15) is 11.1 Å². The van der Waals surface area contributed by atoms with Gasteiger partial charge < -0.3 is 4.40 Å². The first-order chi connectivity index (χ1) is 15.2. The maximum Gasteiger partial charge on any atom is 0.0639 e. The van der Waals surface area contributed by atoms with Gasteiger partial charge in [0, 0.05) is 37.4 Å². The molecular weight excluding hydrogens is 569 g/mol. The smallest absolute Gasteiger partial charge is 0.0639 e. The Balaban J connectivity index is 0.00000216. The maximum atomic E-state index is 4.89. The van der Waals surface area contributed by atoms with Gasteiger partial charge in [0.05, 0.1) is 11.3 Å². The van der Waals surface area contributed by atoms with Crippen molar-refractivity contribution in [2.24, 2.45) is 0 Å². The van der Waals surface area contributed by atoms with E-state index < -0.39 is 0 Å². The molecule has 2 aromatic heterocycles. The number of nitrogens with zero attached hydrogens (tertiary/aromatic N) is 2. The molecule has 6 aromatic rings. The van der Waals surface area contributed by atoms with Crippen molar-refractivity contribution < 1.29 is 20.1 Å². The fourth-order valence-corrected chi connectivity index (χ4v) is 4.75. The van der Waals surface area contributed by atoms with Gasteiger partial charge in [-0.25, -0.2) is 0 Å². The van der Waals surface area contributed by atoms with Crippen LogP contribution in [-0.2, 0) is 20.1 Å². The number of aryl methyl sites for hydroxylation is 2. The van der Waals surface area contributed by atoms with Crippen molar-refractivity contribution in [3.63, 3.8) is 0 Å². The standard InChI is InChI=1S/C29H21N2.Ir/c1-19-9-8-10-20(2)28(19)27-18-30-29-24-16-15-22(21-11-4-3-5-12-21)17-25(24)23-13-6-7-14-26(23)31(27)29;/h3-15,17-18H,1-2H3;/q-1;. The molecule has 0 unspecified atom stereocenters. The zero-order chi connectivity index (χ0) is 20.9.